The molecular weight excluding hydrogens is 356 g/mol. The van der Waals surface area contributed by atoms with Crippen molar-refractivity contribution >= 4 is 21.9 Å². The van der Waals surface area contributed by atoms with E-state index < -0.39 is 21.9 Å². The number of sulfonamides is 1. The van der Waals surface area contributed by atoms with Crippen LogP contribution in [-0.2, 0) is 14.8 Å². The van der Waals surface area contributed by atoms with Gasteiger partial charge in [-0.2, -0.15) is 4.31 Å². The summed E-state index contributed by atoms with van der Waals surface area (Å²) in [5, 5.41) is 9.30. The van der Waals surface area contributed by atoms with Gasteiger partial charge in [-0.25, -0.2) is 8.42 Å². The third kappa shape index (κ3) is 3.48. The van der Waals surface area contributed by atoms with Gasteiger partial charge in [-0.3, -0.25) is 9.59 Å². The van der Waals surface area contributed by atoms with E-state index in [1.807, 2.05) is 0 Å². The van der Waals surface area contributed by atoms with Crippen LogP contribution in [-0.4, -0.2) is 60.3 Å². The van der Waals surface area contributed by atoms with Gasteiger partial charge in [0.15, 0.2) is 0 Å². The van der Waals surface area contributed by atoms with Gasteiger partial charge >= 0.3 is 5.97 Å². The zero-order valence-electron chi connectivity index (χ0n) is 14.8. The van der Waals surface area contributed by atoms with Gasteiger partial charge in [-0.1, -0.05) is 0 Å². The van der Waals surface area contributed by atoms with Crippen LogP contribution in [0.3, 0.4) is 0 Å². The molecule has 8 heteroatoms. The molecule has 2 saturated heterocycles. The normalized spacial score (nSPS) is 24.6. The Labute approximate surface area is 153 Å². The Bertz CT molecular complexity index is 784. The number of carbonyl (C=O) groups excluding carboxylic acids is 1. The van der Waals surface area contributed by atoms with Crippen LogP contribution in [0.4, 0.5) is 0 Å². The number of hydrogen-bond acceptors (Lipinski definition) is 4. The topological polar surface area (TPSA) is 95.0 Å². The molecule has 2 heterocycles. The van der Waals surface area contributed by atoms with Crippen molar-refractivity contribution in [2.75, 3.05) is 19.6 Å². The van der Waals surface area contributed by atoms with E-state index in [4.69, 9.17) is 0 Å². The molecule has 1 amide bonds. The minimum Gasteiger partial charge on any atom is -0.481 e. The quantitative estimate of drug-likeness (QED) is 0.859. The molecule has 0 spiro atoms. The minimum atomic E-state index is -3.51. The van der Waals surface area contributed by atoms with Crippen LogP contribution >= 0.6 is 0 Å². The Morgan fingerprint density at radius 2 is 1.65 bits per heavy atom. The van der Waals surface area contributed by atoms with E-state index in [2.05, 4.69) is 0 Å². The number of rotatable bonds is 4. The third-order valence-corrected chi connectivity index (χ3v) is 7.28. The zero-order chi connectivity index (χ0) is 18.9. The molecule has 2 aliphatic heterocycles. The largest absolute Gasteiger partial charge is 0.481 e. The van der Waals surface area contributed by atoms with Gasteiger partial charge < -0.3 is 10.0 Å². The molecule has 1 aromatic carbocycles. The number of nitrogens with zero attached hydrogens (tertiary/aromatic N) is 2. The van der Waals surface area contributed by atoms with Crippen molar-refractivity contribution in [3.63, 3.8) is 0 Å². The van der Waals surface area contributed by atoms with Gasteiger partial charge in [0, 0.05) is 31.2 Å². The van der Waals surface area contributed by atoms with Crippen LogP contribution in [0, 0.1) is 5.92 Å². The van der Waals surface area contributed by atoms with E-state index in [1.165, 1.54) is 28.6 Å². The van der Waals surface area contributed by atoms with Crippen LogP contribution in [0.25, 0.3) is 0 Å². The maximum Gasteiger partial charge on any atom is 0.308 e. The van der Waals surface area contributed by atoms with E-state index in [1.54, 1.807) is 11.8 Å². The van der Waals surface area contributed by atoms with Gasteiger partial charge in [0.2, 0.25) is 10.0 Å². The molecule has 2 atom stereocenters. The predicted octanol–water partition coefficient (Wildman–Crippen LogP) is 1.80. The molecule has 0 aliphatic carbocycles. The first-order valence-corrected chi connectivity index (χ1v) is 10.4. The summed E-state index contributed by atoms with van der Waals surface area (Å²) in [6.45, 7) is 3.33. The summed E-state index contributed by atoms with van der Waals surface area (Å²) in [6.07, 6.45) is 2.95. The molecule has 1 aromatic rings. The highest BCUT2D eigenvalue weighted by molar-refractivity contribution is 7.89. The van der Waals surface area contributed by atoms with E-state index in [9.17, 15) is 23.1 Å². The van der Waals surface area contributed by atoms with Crippen molar-refractivity contribution < 1.29 is 23.1 Å². The van der Waals surface area contributed by atoms with Gasteiger partial charge in [0.05, 0.1) is 10.8 Å². The highest BCUT2D eigenvalue weighted by Crippen LogP contribution is 2.26. The summed E-state index contributed by atoms with van der Waals surface area (Å²) in [5.41, 5.74) is 0.378. The van der Waals surface area contributed by atoms with Crippen LogP contribution in [0.5, 0.6) is 0 Å². The number of aliphatic carboxylic acids is 1. The molecule has 3 rings (SSSR count). The molecule has 2 aliphatic rings. The summed E-state index contributed by atoms with van der Waals surface area (Å²) in [6, 6.07) is 5.57. The number of piperidine rings is 1. The van der Waals surface area contributed by atoms with E-state index in [-0.39, 0.29) is 16.8 Å². The number of likely N-dealkylation sites (tertiary alicyclic amines) is 1. The third-order valence-electron chi connectivity index (χ3n) is 5.37. The maximum atomic E-state index is 12.8. The monoisotopic (exact) mass is 380 g/mol. The lowest BCUT2D eigenvalue weighted by atomic mass is 9.90. The second-order valence-electron chi connectivity index (χ2n) is 6.96. The van der Waals surface area contributed by atoms with Gasteiger partial charge in [-0.05, 0) is 56.9 Å². The van der Waals surface area contributed by atoms with Gasteiger partial charge in [0.1, 0.15) is 0 Å². The first-order chi connectivity index (χ1) is 12.3. The fourth-order valence-corrected chi connectivity index (χ4v) is 5.29. The molecule has 7 nitrogen and oxygen atoms in total. The number of carboxylic acids is 1. The van der Waals surface area contributed by atoms with E-state index >= 15 is 0 Å². The van der Waals surface area contributed by atoms with E-state index in [0.717, 1.165) is 12.8 Å². The zero-order valence-corrected chi connectivity index (χ0v) is 15.6. The van der Waals surface area contributed by atoms with Crippen LogP contribution in [0.1, 0.15) is 43.0 Å². The summed E-state index contributed by atoms with van der Waals surface area (Å²) in [7, 11) is -3.51. The number of benzene rings is 1. The van der Waals surface area contributed by atoms with Crippen molar-refractivity contribution in [2.45, 2.75) is 43.5 Å². The Hall–Kier alpha value is -1.93. The summed E-state index contributed by atoms with van der Waals surface area (Å²) in [4.78, 5) is 25.9. The average Bonchev–Trinajstić information content (AvgIpc) is 3.17. The lowest BCUT2D eigenvalue weighted by molar-refractivity contribution is -0.144. The second kappa shape index (κ2) is 7.36. The van der Waals surface area contributed by atoms with E-state index in [0.29, 0.717) is 38.0 Å². The van der Waals surface area contributed by atoms with Crippen molar-refractivity contribution in [3.05, 3.63) is 29.8 Å². The molecule has 0 bridgehead atoms. The Morgan fingerprint density at radius 1 is 1.04 bits per heavy atom. The van der Waals surface area contributed by atoms with Crippen molar-refractivity contribution in [3.8, 4) is 0 Å². The second-order valence-corrected chi connectivity index (χ2v) is 8.90. The smallest absolute Gasteiger partial charge is 0.308 e. The Kier molecular flexibility index (Phi) is 5.34. The summed E-state index contributed by atoms with van der Waals surface area (Å²) >= 11 is 0. The first kappa shape index (κ1) is 18.8. The molecule has 2 fully saturated rings. The number of hydrogen-bond donors (Lipinski definition) is 1. The predicted molar refractivity (Wildman–Crippen MR) is 95.3 cm³/mol. The number of carbonyl (C=O) groups is 2. The van der Waals surface area contributed by atoms with Crippen molar-refractivity contribution in [1.29, 1.82) is 0 Å². The molecule has 0 radical (unpaired) electrons. The number of amides is 1. The Morgan fingerprint density at radius 3 is 2.23 bits per heavy atom. The lowest BCUT2D eigenvalue weighted by Gasteiger charge is -2.37. The lowest BCUT2D eigenvalue weighted by Crippen LogP contribution is -2.49. The highest BCUT2D eigenvalue weighted by Gasteiger charge is 2.35. The van der Waals surface area contributed by atoms with Gasteiger partial charge in [-0.15, -0.1) is 0 Å². The fourth-order valence-electron chi connectivity index (χ4n) is 3.77. The van der Waals surface area contributed by atoms with Crippen LogP contribution < -0.4 is 0 Å². The standard InChI is InChI=1S/C18H24N2O5S/c1-13-16(18(22)23)5-4-12-20(13)17(21)14-6-8-15(9-7-14)26(24,25)19-10-2-3-11-19/h6-9,13,16H,2-5,10-12H2,1H3,(H,22,23)/t13-,16-/m1/s1. The molecule has 26 heavy (non-hydrogen) atoms. The molecule has 142 valence electrons. The maximum absolute atomic E-state index is 12.8. The summed E-state index contributed by atoms with van der Waals surface area (Å²) < 4.78 is 26.6. The molecular formula is C18H24N2O5S. The Balaban J connectivity index is 1.78. The molecule has 0 unspecified atom stereocenters. The SMILES string of the molecule is C[C@@H]1[C@H](C(=O)O)CCCN1C(=O)c1ccc(S(=O)(=O)N2CCCC2)cc1. The van der Waals surface area contributed by atoms with Crippen molar-refractivity contribution in [2.24, 2.45) is 5.92 Å². The first-order valence-electron chi connectivity index (χ1n) is 8.96. The fraction of sp³-hybridized carbons (Fsp3) is 0.556. The molecule has 0 aromatic heterocycles. The van der Waals surface area contributed by atoms with Gasteiger partial charge in [0.25, 0.3) is 5.91 Å². The average molecular weight is 380 g/mol. The number of carboxylic acid groups (broad SMARTS) is 1. The summed E-state index contributed by atoms with van der Waals surface area (Å²) in [5.74, 6) is -1.71. The van der Waals surface area contributed by atoms with Crippen molar-refractivity contribution in [1.82, 2.24) is 9.21 Å². The highest BCUT2D eigenvalue weighted by atomic mass is 32.2. The molecule has 0 saturated carbocycles. The molecule has 1 N–H and O–H groups in total. The van der Waals surface area contributed by atoms with Crippen LogP contribution in [0.15, 0.2) is 29.2 Å². The minimum absolute atomic E-state index is 0.186. The van der Waals surface area contributed by atoms with Crippen LogP contribution in [0.2, 0.25) is 0 Å².